The number of ketones is 1. The molecule has 1 aromatic heterocycles. The summed E-state index contributed by atoms with van der Waals surface area (Å²) in [6, 6.07) is 0. The Morgan fingerprint density at radius 3 is 2.70 bits per heavy atom. The van der Waals surface area contributed by atoms with Crippen LogP contribution in [0.1, 0.15) is 73.1 Å². The number of Topliss-reactive ketones (excluding diaryl/α,β-unsaturated/α-hetero) is 1. The van der Waals surface area contributed by atoms with Crippen molar-refractivity contribution in [3.05, 3.63) is 0 Å². The highest BCUT2D eigenvalue weighted by Crippen LogP contribution is 2.68. The number of aromatic nitrogens is 3. The van der Waals surface area contributed by atoms with Crippen LogP contribution in [0.3, 0.4) is 0 Å². The average molecular weight is 479 g/mol. The number of hydrogen-bond donors (Lipinski definition) is 3. The Hall–Kier alpha value is -1.61. The van der Waals surface area contributed by atoms with Crippen molar-refractivity contribution in [1.29, 1.82) is 0 Å². The summed E-state index contributed by atoms with van der Waals surface area (Å²) >= 11 is 1.17. The van der Waals surface area contributed by atoms with Gasteiger partial charge in [0.15, 0.2) is 0 Å². The molecule has 8 nitrogen and oxygen atoms in total. The number of ether oxygens (including phenoxy) is 1. The molecular weight excluding hydrogens is 440 g/mol. The normalized spacial score (nSPS) is 43.0. The molecule has 3 aliphatic carbocycles. The molecule has 0 spiro atoms. The van der Waals surface area contributed by atoms with Gasteiger partial charge in [-0.2, -0.15) is 4.98 Å². The fourth-order valence-corrected chi connectivity index (χ4v) is 7.93. The van der Waals surface area contributed by atoms with E-state index in [-0.39, 0.29) is 46.6 Å². The second kappa shape index (κ2) is 8.56. The van der Waals surface area contributed by atoms with E-state index in [1.807, 2.05) is 0 Å². The minimum atomic E-state index is -0.555. The van der Waals surface area contributed by atoms with Crippen LogP contribution in [0.5, 0.6) is 0 Å². The van der Waals surface area contributed by atoms with Crippen molar-refractivity contribution in [2.75, 3.05) is 11.5 Å². The molecule has 4 rings (SSSR count). The fraction of sp³-hybridized carbons (Fsp3) is 0.833. The summed E-state index contributed by atoms with van der Waals surface area (Å²) in [6.45, 7) is 10.7. The lowest BCUT2D eigenvalue weighted by molar-refractivity contribution is -0.211. The lowest BCUT2D eigenvalue weighted by Crippen LogP contribution is -2.63. The molecule has 33 heavy (non-hydrogen) atoms. The summed E-state index contributed by atoms with van der Waals surface area (Å²) in [4.78, 5) is 30.5. The van der Waals surface area contributed by atoms with Gasteiger partial charge in [0.1, 0.15) is 11.9 Å². The Labute approximate surface area is 200 Å². The van der Waals surface area contributed by atoms with Gasteiger partial charge in [-0.3, -0.25) is 9.59 Å². The van der Waals surface area contributed by atoms with Gasteiger partial charge >= 0.3 is 5.97 Å². The second-order valence-corrected chi connectivity index (χ2v) is 12.1. The van der Waals surface area contributed by atoms with Crippen molar-refractivity contribution >= 4 is 29.5 Å². The maximum absolute atomic E-state index is 13.4. The van der Waals surface area contributed by atoms with Gasteiger partial charge in [0, 0.05) is 17.8 Å². The van der Waals surface area contributed by atoms with Gasteiger partial charge in [0.2, 0.25) is 11.1 Å². The number of aromatic amines is 1. The molecule has 4 N–H and O–H groups in total. The van der Waals surface area contributed by atoms with Gasteiger partial charge in [0.25, 0.3) is 0 Å². The third-order valence-electron chi connectivity index (χ3n) is 9.78. The minimum absolute atomic E-state index is 0.0223. The molecule has 0 radical (unpaired) electrons. The smallest absolute Gasteiger partial charge is 0.316 e. The van der Waals surface area contributed by atoms with Crippen molar-refractivity contribution in [3.63, 3.8) is 0 Å². The molecule has 184 valence electrons. The van der Waals surface area contributed by atoms with E-state index >= 15 is 0 Å². The van der Waals surface area contributed by atoms with Crippen LogP contribution < -0.4 is 5.73 Å². The Kier molecular flexibility index (Phi) is 6.36. The molecule has 9 heteroatoms. The van der Waals surface area contributed by atoms with Gasteiger partial charge in [-0.25, -0.2) is 5.10 Å². The van der Waals surface area contributed by atoms with E-state index < -0.39 is 23.0 Å². The molecule has 0 unspecified atom stereocenters. The molecule has 2 bridgehead atoms. The number of nitrogens with zero attached hydrogens (tertiary/aromatic N) is 2. The number of thioether (sulfide) groups is 1. The first-order chi connectivity index (χ1) is 15.5. The molecule has 0 amide bonds. The first kappa shape index (κ1) is 24.5. The summed E-state index contributed by atoms with van der Waals surface area (Å²) in [5.41, 5.74) is 4.47. The van der Waals surface area contributed by atoms with Crippen LogP contribution in [-0.2, 0) is 14.3 Å². The van der Waals surface area contributed by atoms with Crippen molar-refractivity contribution in [3.8, 4) is 0 Å². The standard InChI is InChI=1S/C24H38N4O4S/c1-6-22(4)11-16(32-17(30)12-33-21-26-20(25)27-28-21)23(5)13(2)7-9-24(14(3)19(22)31)10-8-15(29)18(23)24/h13-14,16,18-19,31H,6-12H2,1-5H3,(H3,25,26,27,28)/t13-,14+,16-,18+,19+,22-,23-,24-/m1/s1. The van der Waals surface area contributed by atoms with Crippen LogP contribution in [0.15, 0.2) is 5.16 Å². The number of nitrogens with two attached hydrogens (primary N) is 1. The number of carbonyl (C=O) groups excluding carboxylic acids is 2. The van der Waals surface area contributed by atoms with Crippen LogP contribution in [0.4, 0.5) is 5.95 Å². The van der Waals surface area contributed by atoms with E-state index in [0.717, 1.165) is 25.7 Å². The molecule has 8 atom stereocenters. The first-order valence-corrected chi connectivity index (χ1v) is 13.2. The van der Waals surface area contributed by atoms with Crippen LogP contribution in [0, 0.1) is 34.0 Å². The number of anilines is 1. The molecular formula is C24H38N4O4S. The number of H-pyrrole nitrogens is 1. The number of esters is 1. The number of nitrogen functional groups attached to an aromatic ring is 1. The van der Waals surface area contributed by atoms with Crippen molar-refractivity contribution < 1.29 is 19.4 Å². The van der Waals surface area contributed by atoms with Crippen molar-refractivity contribution in [2.24, 2.45) is 34.0 Å². The summed E-state index contributed by atoms with van der Waals surface area (Å²) in [7, 11) is 0. The first-order valence-electron chi connectivity index (χ1n) is 12.2. The van der Waals surface area contributed by atoms with Gasteiger partial charge < -0.3 is 15.6 Å². The van der Waals surface area contributed by atoms with E-state index in [1.165, 1.54) is 11.8 Å². The molecule has 3 fully saturated rings. The van der Waals surface area contributed by atoms with Crippen molar-refractivity contribution in [1.82, 2.24) is 15.2 Å². The number of rotatable bonds is 5. The third kappa shape index (κ3) is 3.79. The molecule has 0 aliphatic heterocycles. The maximum Gasteiger partial charge on any atom is 0.316 e. The average Bonchev–Trinajstić information content (AvgIpc) is 3.36. The lowest BCUT2D eigenvalue weighted by atomic mass is 9.43. The Morgan fingerprint density at radius 2 is 2.06 bits per heavy atom. The Balaban J connectivity index is 1.69. The van der Waals surface area contributed by atoms with E-state index in [1.54, 1.807) is 0 Å². The summed E-state index contributed by atoms with van der Waals surface area (Å²) in [5.74, 6) is 0.239. The highest BCUT2D eigenvalue weighted by atomic mass is 32.2. The maximum atomic E-state index is 13.4. The van der Waals surface area contributed by atoms with Crippen LogP contribution >= 0.6 is 11.8 Å². The number of nitrogens with one attached hydrogen (secondary N) is 1. The number of aliphatic hydroxyl groups is 1. The lowest BCUT2D eigenvalue weighted by Gasteiger charge is -2.62. The summed E-state index contributed by atoms with van der Waals surface area (Å²) < 4.78 is 6.23. The minimum Gasteiger partial charge on any atom is -0.461 e. The van der Waals surface area contributed by atoms with Gasteiger partial charge in [0.05, 0.1) is 11.9 Å². The molecule has 0 saturated heterocycles. The third-order valence-corrected chi connectivity index (χ3v) is 10.6. The molecule has 1 heterocycles. The van der Waals surface area contributed by atoms with Crippen LogP contribution in [0.25, 0.3) is 0 Å². The number of aliphatic hydroxyl groups excluding tert-OH is 1. The van der Waals surface area contributed by atoms with Gasteiger partial charge in [-0.1, -0.05) is 46.4 Å². The Morgan fingerprint density at radius 1 is 1.33 bits per heavy atom. The zero-order valence-corrected chi connectivity index (χ0v) is 21.2. The Bertz CT molecular complexity index is 924. The fourth-order valence-electron chi connectivity index (χ4n) is 7.35. The second-order valence-electron chi connectivity index (χ2n) is 11.2. The molecule has 3 aliphatic rings. The molecule has 0 aromatic carbocycles. The predicted molar refractivity (Wildman–Crippen MR) is 126 cm³/mol. The summed E-state index contributed by atoms with van der Waals surface area (Å²) in [5, 5.41) is 18.5. The van der Waals surface area contributed by atoms with E-state index in [0.29, 0.717) is 18.0 Å². The monoisotopic (exact) mass is 478 g/mol. The zero-order chi connectivity index (χ0) is 24.2. The highest BCUT2D eigenvalue weighted by Gasteiger charge is 2.68. The predicted octanol–water partition coefficient (Wildman–Crippen LogP) is 3.61. The quantitative estimate of drug-likeness (QED) is 0.432. The van der Waals surface area contributed by atoms with E-state index in [9.17, 15) is 14.7 Å². The van der Waals surface area contributed by atoms with Gasteiger partial charge in [-0.05, 0) is 54.8 Å². The summed E-state index contributed by atoms with van der Waals surface area (Å²) in [6.07, 6.45) is 3.60. The topological polar surface area (TPSA) is 131 Å². The van der Waals surface area contributed by atoms with Crippen LogP contribution in [0.2, 0.25) is 0 Å². The van der Waals surface area contributed by atoms with E-state index in [4.69, 9.17) is 10.5 Å². The SMILES string of the molecule is CC[C@]1(C)C[C@@H](OC(=O)CSc2n[nH]c(N)n2)[C@@]2(C)[C@H](C)CC[C@@]3(CCC(=O)[C@H]32)[C@@H](C)[C@@H]1O. The number of hydrogen-bond acceptors (Lipinski definition) is 8. The molecule has 3 saturated carbocycles. The zero-order valence-electron chi connectivity index (χ0n) is 20.4. The molecule has 1 aromatic rings. The largest absolute Gasteiger partial charge is 0.461 e. The van der Waals surface area contributed by atoms with Gasteiger partial charge in [-0.15, -0.1) is 5.10 Å². The highest BCUT2D eigenvalue weighted by molar-refractivity contribution is 7.99. The van der Waals surface area contributed by atoms with Crippen molar-refractivity contribution in [2.45, 2.75) is 90.5 Å². The number of carbonyl (C=O) groups is 2. The van der Waals surface area contributed by atoms with Crippen LogP contribution in [-0.4, -0.2) is 50.0 Å². The van der Waals surface area contributed by atoms with E-state index in [2.05, 4.69) is 49.8 Å².